The standard InChI is InChI=1S/C12H14N2O2/c1-2-3-6-10-7-4-5-8-11(10)14-12(16)13-9-15/h4-5,7-8H,2-3,6H2,1H3,(H,14,16). The van der Waals surface area contributed by atoms with E-state index in [4.69, 9.17) is 0 Å². The molecule has 4 nitrogen and oxygen atoms in total. The van der Waals surface area contributed by atoms with Crippen molar-refractivity contribution >= 4 is 17.8 Å². The quantitative estimate of drug-likeness (QED) is 0.624. The van der Waals surface area contributed by atoms with Crippen LogP contribution in [0.25, 0.3) is 0 Å². The zero-order chi connectivity index (χ0) is 11.8. The highest BCUT2D eigenvalue weighted by Crippen LogP contribution is 2.17. The fourth-order valence-electron chi connectivity index (χ4n) is 1.41. The van der Waals surface area contributed by atoms with Crippen LogP contribution in [0.4, 0.5) is 10.5 Å². The van der Waals surface area contributed by atoms with E-state index in [1.54, 1.807) is 6.07 Å². The molecule has 4 heteroatoms. The Bertz CT molecular complexity index is 409. The topological polar surface area (TPSA) is 58.5 Å². The fourth-order valence-corrected chi connectivity index (χ4v) is 1.41. The maximum absolute atomic E-state index is 11.1. The summed E-state index contributed by atoms with van der Waals surface area (Å²) >= 11 is 0. The number of rotatable bonds is 4. The molecule has 0 bridgehead atoms. The Morgan fingerprint density at radius 2 is 2.19 bits per heavy atom. The molecule has 2 amide bonds. The van der Waals surface area contributed by atoms with Crippen molar-refractivity contribution in [1.82, 2.24) is 0 Å². The number of aliphatic imine (C=N–C) groups is 1. The summed E-state index contributed by atoms with van der Waals surface area (Å²) in [6.07, 6.45) is 4.27. The van der Waals surface area contributed by atoms with E-state index in [1.807, 2.05) is 18.2 Å². The van der Waals surface area contributed by atoms with Gasteiger partial charge < -0.3 is 5.32 Å². The average Bonchev–Trinajstić information content (AvgIpc) is 2.28. The van der Waals surface area contributed by atoms with Crippen LogP contribution in [0.15, 0.2) is 29.3 Å². The number of hydrogen-bond acceptors (Lipinski definition) is 2. The first-order valence-corrected chi connectivity index (χ1v) is 5.24. The summed E-state index contributed by atoms with van der Waals surface area (Å²) in [5, 5.41) is 2.55. The summed E-state index contributed by atoms with van der Waals surface area (Å²) in [6.45, 7) is 2.11. The summed E-state index contributed by atoms with van der Waals surface area (Å²) in [4.78, 5) is 24.0. The number of nitrogens with one attached hydrogen (secondary N) is 1. The van der Waals surface area contributed by atoms with Crippen LogP contribution in [0.2, 0.25) is 0 Å². The normalized spacial score (nSPS) is 9.31. The molecule has 1 aromatic carbocycles. The van der Waals surface area contributed by atoms with Gasteiger partial charge in [0.25, 0.3) is 0 Å². The van der Waals surface area contributed by atoms with Gasteiger partial charge >= 0.3 is 6.03 Å². The number of isocyanates is 1. The molecule has 0 aliphatic heterocycles. The van der Waals surface area contributed by atoms with Crippen molar-refractivity contribution in [2.45, 2.75) is 26.2 Å². The minimum atomic E-state index is -0.682. The van der Waals surface area contributed by atoms with Crippen molar-refractivity contribution in [3.63, 3.8) is 0 Å². The first kappa shape index (κ1) is 12.1. The minimum Gasteiger partial charge on any atom is -0.305 e. The van der Waals surface area contributed by atoms with E-state index in [9.17, 15) is 9.59 Å². The van der Waals surface area contributed by atoms with Gasteiger partial charge in [-0.2, -0.15) is 0 Å². The van der Waals surface area contributed by atoms with E-state index in [-0.39, 0.29) is 0 Å². The molecule has 0 radical (unpaired) electrons. The third-order valence-electron chi connectivity index (χ3n) is 2.21. The Labute approximate surface area is 94.4 Å². The van der Waals surface area contributed by atoms with Crippen molar-refractivity contribution in [2.75, 3.05) is 5.32 Å². The number of para-hydroxylation sites is 1. The number of benzene rings is 1. The number of amides is 2. The molecule has 16 heavy (non-hydrogen) atoms. The highest BCUT2D eigenvalue weighted by molar-refractivity contribution is 5.93. The average molecular weight is 218 g/mol. The van der Waals surface area contributed by atoms with Crippen LogP contribution in [0, 0.1) is 0 Å². The van der Waals surface area contributed by atoms with Gasteiger partial charge in [-0.1, -0.05) is 31.5 Å². The van der Waals surface area contributed by atoms with E-state index < -0.39 is 6.03 Å². The Kier molecular flexibility index (Phi) is 4.96. The second-order valence-corrected chi connectivity index (χ2v) is 3.39. The molecule has 0 saturated heterocycles. The molecule has 0 unspecified atom stereocenters. The van der Waals surface area contributed by atoms with E-state index in [1.165, 1.54) is 6.08 Å². The molecule has 0 aromatic heterocycles. The Hall–Kier alpha value is -1.93. The molecule has 0 saturated carbocycles. The lowest BCUT2D eigenvalue weighted by atomic mass is 10.1. The number of carbonyl (C=O) groups excluding carboxylic acids is 2. The molecule has 0 spiro atoms. The van der Waals surface area contributed by atoms with Crippen molar-refractivity contribution in [1.29, 1.82) is 0 Å². The molecule has 0 heterocycles. The molecule has 1 aromatic rings. The van der Waals surface area contributed by atoms with Gasteiger partial charge in [-0.15, -0.1) is 4.99 Å². The first-order valence-electron chi connectivity index (χ1n) is 5.24. The lowest BCUT2D eigenvalue weighted by Crippen LogP contribution is -2.07. The number of unbranched alkanes of at least 4 members (excludes halogenated alkanes) is 1. The summed E-state index contributed by atoms with van der Waals surface area (Å²) in [7, 11) is 0. The summed E-state index contributed by atoms with van der Waals surface area (Å²) < 4.78 is 0. The minimum absolute atomic E-state index is 0.682. The van der Waals surface area contributed by atoms with Gasteiger partial charge in [0.2, 0.25) is 6.08 Å². The fraction of sp³-hybridized carbons (Fsp3) is 0.333. The van der Waals surface area contributed by atoms with Crippen LogP contribution < -0.4 is 5.32 Å². The van der Waals surface area contributed by atoms with Gasteiger partial charge in [0.05, 0.1) is 0 Å². The number of hydrogen-bond donors (Lipinski definition) is 1. The molecule has 1 rings (SSSR count). The predicted octanol–water partition coefficient (Wildman–Crippen LogP) is 2.90. The SMILES string of the molecule is CCCCc1ccccc1NC(=O)N=C=O. The van der Waals surface area contributed by atoms with Crippen LogP contribution in [0.1, 0.15) is 25.3 Å². The Morgan fingerprint density at radius 1 is 1.44 bits per heavy atom. The summed E-state index contributed by atoms with van der Waals surface area (Å²) in [5.74, 6) is 0. The van der Waals surface area contributed by atoms with E-state index in [2.05, 4.69) is 17.2 Å². The van der Waals surface area contributed by atoms with Crippen LogP contribution in [0.3, 0.4) is 0 Å². The third-order valence-corrected chi connectivity index (χ3v) is 2.21. The molecule has 0 aliphatic rings. The largest absolute Gasteiger partial charge is 0.356 e. The number of nitrogens with zero attached hydrogens (tertiary/aromatic N) is 1. The molecular formula is C12H14N2O2. The van der Waals surface area contributed by atoms with E-state index in [0.717, 1.165) is 24.8 Å². The molecule has 0 fully saturated rings. The van der Waals surface area contributed by atoms with Gasteiger partial charge in [0, 0.05) is 5.69 Å². The van der Waals surface area contributed by atoms with Gasteiger partial charge in [0.15, 0.2) is 0 Å². The van der Waals surface area contributed by atoms with Gasteiger partial charge in [-0.05, 0) is 24.5 Å². The lowest BCUT2D eigenvalue weighted by Gasteiger charge is -2.08. The van der Waals surface area contributed by atoms with Crippen LogP contribution in [-0.2, 0) is 11.2 Å². The van der Waals surface area contributed by atoms with E-state index in [0.29, 0.717) is 5.69 Å². The van der Waals surface area contributed by atoms with E-state index >= 15 is 0 Å². The monoisotopic (exact) mass is 218 g/mol. The van der Waals surface area contributed by atoms with Gasteiger partial charge in [-0.25, -0.2) is 9.59 Å². The second-order valence-electron chi connectivity index (χ2n) is 3.39. The van der Waals surface area contributed by atoms with Crippen LogP contribution in [-0.4, -0.2) is 12.1 Å². The van der Waals surface area contributed by atoms with Gasteiger partial charge in [-0.3, -0.25) is 0 Å². The van der Waals surface area contributed by atoms with Crippen molar-refractivity contribution in [3.05, 3.63) is 29.8 Å². The Balaban J connectivity index is 2.77. The molecular weight excluding hydrogens is 204 g/mol. The molecule has 84 valence electrons. The Morgan fingerprint density at radius 3 is 2.88 bits per heavy atom. The number of carbonyl (C=O) groups is 1. The first-order chi connectivity index (χ1) is 7.77. The smallest absolute Gasteiger partial charge is 0.305 e. The lowest BCUT2D eigenvalue weighted by molar-refractivity contribution is 0.259. The second kappa shape index (κ2) is 6.53. The highest BCUT2D eigenvalue weighted by Gasteiger charge is 2.04. The van der Waals surface area contributed by atoms with Gasteiger partial charge in [0.1, 0.15) is 0 Å². The zero-order valence-corrected chi connectivity index (χ0v) is 9.19. The number of urea groups is 1. The zero-order valence-electron chi connectivity index (χ0n) is 9.19. The predicted molar refractivity (Wildman–Crippen MR) is 62.2 cm³/mol. The summed E-state index contributed by atoms with van der Waals surface area (Å²) in [5.41, 5.74) is 1.76. The summed E-state index contributed by atoms with van der Waals surface area (Å²) in [6, 6.07) is 6.82. The van der Waals surface area contributed by atoms with Crippen molar-refractivity contribution < 1.29 is 9.59 Å². The number of anilines is 1. The van der Waals surface area contributed by atoms with Crippen LogP contribution >= 0.6 is 0 Å². The molecule has 0 aliphatic carbocycles. The van der Waals surface area contributed by atoms with Crippen molar-refractivity contribution in [3.8, 4) is 0 Å². The number of aryl methyl sites for hydroxylation is 1. The highest BCUT2D eigenvalue weighted by atomic mass is 16.2. The molecule has 1 N–H and O–H groups in total. The maximum atomic E-state index is 11.1. The molecule has 0 atom stereocenters. The van der Waals surface area contributed by atoms with Crippen molar-refractivity contribution in [2.24, 2.45) is 4.99 Å². The third kappa shape index (κ3) is 3.67. The van der Waals surface area contributed by atoms with Crippen LogP contribution in [0.5, 0.6) is 0 Å². The maximum Gasteiger partial charge on any atom is 0.356 e.